The number of hydrogen-bond donors (Lipinski definition) is 0. The number of anilines is 2. The van der Waals surface area contributed by atoms with E-state index in [1.165, 1.54) is 22.2 Å². The third-order valence-corrected chi connectivity index (χ3v) is 9.36. The van der Waals surface area contributed by atoms with Crippen molar-refractivity contribution in [3.63, 3.8) is 0 Å². The van der Waals surface area contributed by atoms with Gasteiger partial charge in [-0.05, 0) is 60.9 Å². The Morgan fingerprint density at radius 1 is 0.978 bits per heavy atom. The average molecular weight is 646 g/mol. The van der Waals surface area contributed by atoms with E-state index in [0.717, 1.165) is 11.1 Å². The first kappa shape index (κ1) is 30.6. The van der Waals surface area contributed by atoms with Crippen molar-refractivity contribution in [2.75, 3.05) is 56.7 Å². The van der Waals surface area contributed by atoms with Crippen molar-refractivity contribution in [3.05, 3.63) is 98.6 Å². The molecule has 2 aromatic heterocycles. The normalized spacial score (nSPS) is 16.3. The summed E-state index contributed by atoms with van der Waals surface area (Å²) in [7, 11) is 3.16. The standard InChI is InChI=1S/C33H32FN5O4S2/c1-21-8-11-29-35-30(37-16-14-36(15-17-37)25-7-5-4-6-24(25)34)23(31(40)39(29)20-21)19-28-32(41)38(33(44)45-28)13-12-22-9-10-26(42-2)27(18-22)43-3/h4-11,18-20H,12-17H2,1-3H3/b28-19+. The second-order valence-electron chi connectivity index (χ2n) is 10.8. The maximum atomic E-state index is 14.5. The molecule has 12 heteroatoms. The summed E-state index contributed by atoms with van der Waals surface area (Å²) in [5.41, 5.74) is 2.98. The largest absolute Gasteiger partial charge is 0.493 e. The third kappa shape index (κ3) is 6.12. The number of rotatable bonds is 8. The lowest BCUT2D eigenvalue weighted by Crippen LogP contribution is -2.47. The Kier molecular flexibility index (Phi) is 8.77. The van der Waals surface area contributed by atoms with Crippen LogP contribution in [0.15, 0.2) is 70.5 Å². The molecule has 0 atom stereocenters. The molecule has 2 fully saturated rings. The lowest BCUT2D eigenvalue weighted by molar-refractivity contribution is -0.122. The number of para-hydroxylation sites is 1. The van der Waals surface area contributed by atoms with Gasteiger partial charge in [0.1, 0.15) is 21.6 Å². The number of piperazine rings is 1. The van der Waals surface area contributed by atoms with Gasteiger partial charge in [0.2, 0.25) is 0 Å². The predicted octanol–water partition coefficient (Wildman–Crippen LogP) is 4.93. The van der Waals surface area contributed by atoms with Gasteiger partial charge in [0.15, 0.2) is 11.5 Å². The molecule has 2 aliphatic rings. The van der Waals surface area contributed by atoms with Crippen LogP contribution in [0.1, 0.15) is 16.7 Å². The van der Waals surface area contributed by atoms with Gasteiger partial charge in [-0.3, -0.25) is 18.9 Å². The first-order valence-electron chi connectivity index (χ1n) is 14.5. The van der Waals surface area contributed by atoms with Gasteiger partial charge in [0.05, 0.1) is 30.4 Å². The fraction of sp³-hybridized carbons (Fsp3) is 0.273. The first-order valence-corrected chi connectivity index (χ1v) is 15.7. The molecule has 9 nitrogen and oxygen atoms in total. The zero-order chi connectivity index (χ0) is 31.7. The summed E-state index contributed by atoms with van der Waals surface area (Å²) in [6.45, 7) is 4.43. The fourth-order valence-electron chi connectivity index (χ4n) is 5.58. The highest BCUT2D eigenvalue weighted by molar-refractivity contribution is 8.26. The molecule has 0 saturated carbocycles. The van der Waals surface area contributed by atoms with Crippen LogP contribution in [-0.2, 0) is 11.2 Å². The molecule has 6 rings (SSSR count). The number of hydrogen-bond acceptors (Lipinski definition) is 9. The Labute approximate surface area is 269 Å². The highest BCUT2D eigenvalue weighted by atomic mass is 32.2. The van der Waals surface area contributed by atoms with E-state index in [-0.39, 0.29) is 17.3 Å². The molecule has 4 heterocycles. The zero-order valence-electron chi connectivity index (χ0n) is 25.2. The Balaban J connectivity index is 1.29. The number of benzene rings is 2. The average Bonchev–Trinajstić information content (AvgIpc) is 3.32. The number of nitrogens with zero attached hydrogens (tertiary/aromatic N) is 5. The molecule has 232 valence electrons. The topological polar surface area (TPSA) is 79.6 Å². The summed E-state index contributed by atoms with van der Waals surface area (Å²) in [5, 5.41) is 0. The molecule has 0 bridgehead atoms. The van der Waals surface area contributed by atoms with Gasteiger partial charge in [-0.25, -0.2) is 9.37 Å². The maximum absolute atomic E-state index is 14.5. The van der Waals surface area contributed by atoms with Gasteiger partial charge < -0.3 is 19.3 Å². The minimum absolute atomic E-state index is 0.255. The number of thioether (sulfide) groups is 1. The van der Waals surface area contributed by atoms with Gasteiger partial charge in [-0.15, -0.1) is 0 Å². The smallest absolute Gasteiger partial charge is 0.267 e. The number of fused-ring (bicyclic) bond motifs is 1. The van der Waals surface area contributed by atoms with Crippen LogP contribution in [0.3, 0.4) is 0 Å². The number of thiocarbonyl (C=S) groups is 1. The minimum Gasteiger partial charge on any atom is -0.493 e. The second kappa shape index (κ2) is 12.9. The number of aromatic nitrogens is 2. The van der Waals surface area contributed by atoms with Crippen LogP contribution in [0.4, 0.5) is 15.9 Å². The summed E-state index contributed by atoms with van der Waals surface area (Å²) in [6.07, 6.45) is 3.92. The molecule has 1 amide bonds. The lowest BCUT2D eigenvalue weighted by Gasteiger charge is -2.37. The quantitative estimate of drug-likeness (QED) is 0.196. The summed E-state index contributed by atoms with van der Waals surface area (Å²) < 4.78 is 27.2. The van der Waals surface area contributed by atoms with E-state index in [9.17, 15) is 14.0 Å². The molecule has 2 aliphatic heterocycles. The van der Waals surface area contributed by atoms with E-state index < -0.39 is 0 Å². The van der Waals surface area contributed by atoms with Gasteiger partial charge in [0.25, 0.3) is 11.5 Å². The molecule has 2 aromatic carbocycles. The number of methoxy groups -OCH3 is 2. The molecule has 0 aliphatic carbocycles. The van der Waals surface area contributed by atoms with Crippen LogP contribution >= 0.6 is 24.0 Å². The molecule has 45 heavy (non-hydrogen) atoms. The van der Waals surface area contributed by atoms with E-state index >= 15 is 0 Å². The molecule has 2 saturated heterocycles. The number of aryl methyl sites for hydroxylation is 1. The Hall–Kier alpha value is -4.42. The summed E-state index contributed by atoms with van der Waals surface area (Å²) in [4.78, 5) is 38.4. The Bertz CT molecular complexity index is 1890. The van der Waals surface area contributed by atoms with Gasteiger partial charge >= 0.3 is 0 Å². The van der Waals surface area contributed by atoms with Crippen LogP contribution in [0.5, 0.6) is 11.5 Å². The number of ether oxygens (including phenoxy) is 2. The van der Waals surface area contributed by atoms with Crippen LogP contribution in [0, 0.1) is 12.7 Å². The maximum Gasteiger partial charge on any atom is 0.267 e. The molecule has 0 N–H and O–H groups in total. The van der Waals surface area contributed by atoms with E-state index in [4.69, 9.17) is 26.7 Å². The monoisotopic (exact) mass is 645 g/mol. The number of amides is 1. The molecule has 0 spiro atoms. The van der Waals surface area contributed by atoms with Crippen molar-refractivity contribution >= 4 is 57.4 Å². The highest BCUT2D eigenvalue weighted by Gasteiger charge is 2.33. The van der Waals surface area contributed by atoms with Crippen LogP contribution in [0.25, 0.3) is 11.7 Å². The van der Waals surface area contributed by atoms with Gasteiger partial charge in [0, 0.05) is 38.9 Å². The Morgan fingerprint density at radius 3 is 2.44 bits per heavy atom. The SMILES string of the molecule is COc1ccc(CCN2C(=O)/C(=C\c3c(N4CCN(c5ccccc5F)CC4)nc4ccc(C)cn4c3=O)SC2=S)cc1OC. The summed E-state index contributed by atoms with van der Waals surface area (Å²) >= 11 is 6.78. The van der Waals surface area contributed by atoms with Crippen molar-refractivity contribution in [3.8, 4) is 11.5 Å². The molecule has 4 aromatic rings. The number of pyridine rings is 1. The van der Waals surface area contributed by atoms with E-state index in [0.29, 0.717) is 82.6 Å². The summed E-state index contributed by atoms with van der Waals surface area (Å²) in [6, 6.07) is 16.1. The van der Waals surface area contributed by atoms with Crippen LogP contribution in [0.2, 0.25) is 0 Å². The first-order chi connectivity index (χ1) is 21.8. The third-order valence-electron chi connectivity index (χ3n) is 7.98. The van der Waals surface area contributed by atoms with Crippen LogP contribution in [-0.4, -0.2) is 71.5 Å². The second-order valence-corrected chi connectivity index (χ2v) is 12.5. The van der Waals surface area contributed by atoms with Crippen molar-refractivity contribution in [2.24, 2.45) is 0 Å². The van der Waals surface area contributed by atoms with Crippen molar-refractivity contribution < 1.29 is 18.7 Å². The van der Waals surface area contributed by atoms with E-state index in [1.807, 2.05) is 53.1 Å². The Morgan fingerprint density at radius 2 is 1.71 bits per heavy atom. The zero-order valence-corrected chi connectivity index (χ0v) is 26.8. The fourth-order valence-corrected chi connectivity index (χ4v) is 6.87. The van der Waals surface area contributed by atoms with E-state index in [1.54, 1.807) is 43.5 Å². The van der Waals surface area contributed by atoms with Gasteiger partial charge in [-0.2, -0.15) is 0 Å². The minimum atomic E-state index is -0.272. The molecular weight excluding hydrogens is 614 g/mol. The van der Waals surface area contributed by atoms with Crippen molar-refractivity contribution in [2.45, 2.75) is 13.3 Å². The van der Waals surface area contributed by atoms with Gasteiger partial charge in [-0.1, -0.05) is 48.2 Å². The van der Waals surface area contributed by atoms with E-state index in [2.05, 4.69) is 0 Å². The summed E-state index contributed by atoms with van der Waals surface area (Å²) in [5.74, 6) is 1.21. The predicted molar refractivity (Wildman–Crippen MR) is 180 cm³/mol. The number of carbonyl (C=O) groups excluding carboxylic acids is 1. The molecular formula is C33H32FN5O4S2. The highest BCUT2D eigenvalue weighted by Crippen LogP contribution is 2.35. The number of halogens is 1. The lowest BCUT2D eigenvalue weighted by atomic mass is 10.1. The molecule has 0 radical (unpaired) electrons. The van der Waals surface area contributed by atoms with Crippen molar-refractivity contribution in [1.29, 1.82) is 0 Å². The number of carbonyl (C=O) groups is 1. The molecule has 0 unspecified atom stereocenters. The van der Waals surface area contributed by atoms with Crippen molar-refractivity contribution in [1.82, 2.24) is 14.3 Å². The van der Waals surface area contributed by atoms with Crippen LogP contribution < -0.4 is 24.8 Å².